The lowest BCUT2D eigenvalue weighted by Crippen LogP contribution is -2.26. The van der Waals surface area contributed by atoms with Gasteiger partial charge in [0.15, 0.2) is 0 Å². The minimum absolute atomic E-state index is 0.909. The summed E-state index contributed by atoms with van der Waals surface area (Å²) in [5.74, 6) is 1.90. The number of nitrogens with zero attached hydrogens (tertiary/aromatic N) is 2. The van der Waals surface area contributed by atoms with Gasteiger partial charge in [0.2, 0.25) is 0 Å². The van der Waals surface area contributed by atoms with Gasteiger partial charge in [-0.05, 0) is 43.9 Å². The Labute approximate surface area is 123 Å². The van der Waals surface area contributed by atoms with Crippen molar-refractivity contribution in [2.45, 2.75) is 52.0 Å². The largest absolute Gasteiger partial charge is 0.370 e. The summed E-state index contributed by atoms with van der Waals surface area (Å²) in [6.45, 7) is 5.41. The van der Waals surface area contributed by atoms with Crippen LogP contribution < -0.4 is 5.32 Å². The molecule has 0 saturated heterocycles. The summed E-state index contributed by atoms with van der Waals surface area (Å²) in [4.78, 5) is 6.93. The minimum atomic E-state index is 0.909. The van der Waals surface area contributed by atoms with Gasteiger partial charge in [0.25, 0.3) is 0 Å². The zero-order valence-corrected chi connectivity index (χ0v) is 13.1. The molecule has 20 heavy (non-hydrogen) atoms. The molecule has 112 valence electrons. The van der Waals surface area contributed by atoms with E-state index in [0.29, 0.717) is 0 Å². The van der Waals surface area contributed by atoms with E-state index in [9.17, 15) is 0 Å². The normalized spacial score (nSPS) is 16.6. The van der Waals surface area contributed by atoms with Crippen LogP contribution in [0.15, 0.2) is 18.3 Å². The Balaban J connectivity index is 1.76. The van der Waals surface area contributed by atoms with E-state index in [1.165, 1.54) is 44.2 Å². The maximum absolute atomic E-state index is 4.48. The summed E-state index contributed by atoms with van der Waals surface area (Å²) >= 11 is 0. The summed E-state index contributed by atoms with van der Waals surface area (Å²) in [5, 5.41) is 3.32. The van der Waals surface area contributed by atoms with Crippen molar-refractivity contribution in [1.82, 2.24) is 9.88 Å². The zero-order chi connectivity index (χ0) is 14.2. The third kappa shape index (κ3) is 5.12. The number of aromatic nitrogens is 1. The fraction of sp³-hybridized carbons (Fsp3) is 0.706. The van der Waals surface area contributed by atoms with Gasteiger partial charge in [-0.3, -0.25) is 0 Å². The summed E-state index contributed by atoms with van der Waals surface area (Å²) in [6.07, 6.45) is 10.3. The fourth-order valence-electron chi connectivity index (χ4n) is 3.06. The third-order valence-electron chi connectivity index (χ3n) is 4.13. The summed E-state index contributed by atoms with van der Waals surface area (Å²) in [6, 6.07) is 4.29. The van der Waals surface area contributed by atoms with Gasteiger partial charge in [-0.2, -0.15) is 0 Å². The summed E-state index contributed by atoms with van der Waals surface area (Å²) < 4.78 is 0. The second-order valence-corrected chi connectivity index (χ2v) is 6.18. The van der Waals surface area contributed by atoms with Crippen LogP contribution in [-0.4, -0.2) is 30.0 Å². The van der Waals surface area contributed by atoms with Crippen LogP contribution in [0.2, 0.25) is 0 Å². The van der Waals surface area contributed by atoms with E-state index >= 15 is 0 Å². The molecule has 1 heterocycles. The topological polar surface area (TPSA) is 28.2 Å². The lowest BCUT2D eigenvalue weighted by Gasteiger charge is -2.27. The summed E-state index contributed by atoms with van der Waals surface area (Å²) in [7, 11) is 2.23. The molecule has 1 aliphatic carbocycles. The first kappa shape index (κ1) is 15.3. The highest BCUT2D eigenvalue weighted by Crippen LogP contribution is 2.24. The molecule has 2 rings (SSSR count). The van der Waals surface area contributed by atoms with Crippen molar-refractivity contribution in [3.63, 3.8) is 0 Å². The molecule has 0 aliphatic heterocycles. The standard InChI is InChI=1S/C17H29N3/c1-3-11-18-17-10-9-16(12-19-17)14-20(2)13-15-7-5-4-6-8-15/h9-10,12,15H,3-8,11,13-14H2,1-2H3,(H,18,19). The van der Waals surface area contributed by atoms with Crippen LogP contribution in [0.25, 0.3) is 0 Å². The van der Waals surface area contributed by atoms with Gasteiger partial charge in [0, 0.05) is 25.8 Å². The monoisotopic (exact) mass is 275 g/mol. The number of hydrogen-bond acceptors (Lipinski definition) is 3. The Hall–Kier alpha value is -1.09. The van der Waals surface area contributed by atoms with Gasteiger partial charge >= 0.3 is 0 Å². The van der Waals surface area contributed by atoms with Crippen molar-refractivity contribution in [3.8, 4) is 0 Å². The number of rotatable bonds is 7. The van der Waals surface area contributed by atoms with Gasteiger partial charge in [0.1, 0.15) is 5.82 Å². The van der Waals surface area contributed by atoms with Crippen LogP contribution in [-0.2, 0) is 6.54 Å². The van der Waals surface area contributed by atoms with Crippen molar-refractivity contribution in [2.75, 3.05) is 25.5 Å². The van der Waals surface area contributed by atoms with E-state index in [2.05, 4.69) is 41.3 Å². The van der Waals surface area contributed by atoms with Crippen LogP contribution in [0.1, 0.15) is 51.0 Å². The Morgan fingerprint density at radius 3 is 2.70 bits per heavy atom. The van der Waals surface area contributed by atoms with Crippen LogP contribution in [0.4, 0.5) is 5.82 Å². The maximum atomic E-state index is 4.48. The first-order valence-corrected chi connectivity index (χ1v) is 8.15. The molecule has 1 aliphatic rings. The van der Waals surface area contributed by atoms with Gasteiger partial charge in [-0.25, -0.2) is 4.98 Å². The molecule has 0 atom stereocenters. The van der Waals surface area contributed by atoms with Crippen molar-refractivity contribution < 1.29 is 0 Å². The number of hydrogen-bond donors (Lipinski definition) is 1. The predicted octanol–water partition coefficient (Wildman–Crippen LogP) is 3.92. The molecule has 0 bridgehead atoms. The zero-order valence-electron chi connectivity index (χ0n) is 13.1. The molecule has 0 aromatic carbocycles. The molecule has 3 heteroatoms. The van der Waals surface area contributed by atoms with Crippen LogP contribution in [0, 0.1) is 5.92 Å². The average molecular weight is 275 g/mol. The summed E-state index contributed by atoms with van der Waals surface area (Å²) in [5.41, 5.74) is 1.31. The molecule has 0 spiro atoms. The quantitative estimate of drug-likeness (QED) is 0.817. The first-order chi connectivity index (χ1) is 9.78. The van der Waals surface area contributed by atoms with E-state index < -0.39 is 0 Å². The molecule has 3 nitrogen and oxygen atoms in total. The fourth-order valence-corrected chi connectivity index (χ4v) is 3.06. The van der Waals surface area contributed by atoms with Gasteiger partial charge < -0.3 is 10.2 Å². The maximum Gasteiger partial charge on any atom is 0.125 e. The van der Waals surface area contributed by atoms with E-state index in [4.69, 9.17) is 0 Å². The minimum Gasteiger partial charge on any atom is -0.370 e. The molecular weight excluding hydrogens is 246 g/mol. The molecule has 1 fully saturated rings. The Morgan fingerprint density at radius 2 is 2.05 bits per heavy atom. The molecule has 1 saturated carbocycles. The first-order valence-electron chi connectivity index (χ1n) is 8.15. The second kappa shape index (κ2) is 8.25. The van der Waals surface area contributed by atoms with Crippen molar-refractivity contribution >= 4 is 5.82 Å². The molecular formula is C17H29N3. The highest BCUT2D eigenvalue weighted by Gasteiger charge is 2.15. The van der Waals surface area contributed by atoms with E-state index in [-0.39, 0.29) is 0 Å². The lowest BCUT2D eigenvalue weighted by atomic mass is 9.89. The van der Waals surface area contributed by atoms with Crippen molar-refractivity contribution in [2.24, 2.45) is 5.92 Å². The average Bonchev–Trinajstić information content (AvgIpc) is 2.47. The van der Waals surface area contributed by atoms with Crippen LogP contribution in [0.3, 0.4) is 0 Å². The predicted molar refractivity (Wildman–Crippen MR) is 85.9 cm³/mol. The SMILES string of the molecule is CCCNc1ccc(CN(C)CC2CCCCC2)cn1. The molecule has 1 N–H and O–H groups in total. The molecule has 0 radical (unpaired) electrons. The number of anilines is 1. The number of nitrogens with one attached hydrogen (secondary N) is 1. The third-order valence-corrected chi connectivity index (χ3v) is 4.13. The molecule has 0 unspecified atom stereocenters. The smallest absolute Gasteiger partial charge is 0.125 e. The van der Waals surface area contributed by atoms with Crippen LogP contribution >= 0.6 is 0 Å². The Kier molecular flexibility index (Phi) is 6.31. The van der Waals surface area contributed by atoms with Crippen molar-refractivity contribution in [3.05, 3.63) is 23.9 Å². The van der Waals surface area contributed by atoms with E-state index in [1.807, 2.05) is 6.20 Å². The van der Waals surface area contributed by atoms with Gasteiger partial charge in [0.05, 0.1) is 0 Å². The highest BCUT2D eigenvalue weighted by atomic mass is 15.1. The second-order valence-electron chi connectivity index (χ2n) is 6.18. The molecule has 0 amide bonds. The van der Waals surface area contributed by atoms with Gasteiger partial charge in [-0.15, -0.1) is 0 Å². The molecule has 1 aromatic heterocycles. The van der Waals surface area contributed by atoms with Gasteiger partial charge in [-0.1, -0.05) is 32.3 Å². The van der Waals surface area contributed by atoms with E-state index in [1.54, 1.807) is 0 Å². The Morgan fingerprint density at radius 1 is 1.25 bits per heavy atom. The lowest BCUT2D eigenvalue weighted by molar-refractivity contribution is 0.228. The molecule has 1 aromatic rings. The number of pyridine rings is 1. The van der Waals surface area contributed by atoms with Crippen molar-refractivity contribution in [1.29, 1.82) is 0 Å². The van der Waals surface area contributed by atoms with Crippen LogP contribution in [0.5, 0.6) is 0 Å². The van der Waals surface area contributed by atoms with E-state index in [0.717, 1.165) is 31.2 Å². The highest BCUT2D eigenvalue weighted by molar-refractivity contribution is 5.35. The Bertz CT molecular complexity index is 368.